The largest absolute Gasteiger partial charge is 0.394 e. The SMILES string of the molecule is CC(C)(C)NCCOCC(O)[C@@H](O)[C@@H](O)C(O)CO. The Morgan fingerprint density at radius 1 is 1.00 bits per heavy atom. The third kappa shape index (κ3) is 8.48. The molecule has 0 fully saturated rings. The second-order valence-corrected chi connectivity index (χ2v) is 5.55. The van der Waals surface area contributed by atoms with Gasteiger partial charge in [-0.15, -0.1) is 0 Å². The van der Waals surface area contributed by atoms with Crippen molar-refractivity contribution in [2.75, 3.05) is 26.4 Å². The van der Waals surface area contributed by atoms with Gasteiger partial charge < -0.3 is 35.6 Å². The second-order valence-electron chi connectivity index (χ2n) is 5.55. The number of aliphatic hydroxyl groups is 5. The molecule has 7 nitrogen and oxygen atoms in total. The molecule has 6 N–H and O–H groups in total. The number of rotatable bonds is 9. The van der Waals surface area contributed by atoms with Crippen LogP contribution < -0.4 is 5.32 Å². The molecular weight excluding hydrogens is 254 g/mol. The van der Waals surface area contributed by atoms with Crippen molar-refractivity contribution in [1.29, 1.82) is 0 Å². The molecular formula is C12H27NO6. The van der Waals surface area contributed by atoms with Crippen LogP contribution in [0.3, 0.4) is 0 Å². The molecule has 0 aromatic rings. The summed E-state index contributed by atoms with van der Waals surface area (Å²) >= 11 is 0. The van der Waals surface area contributed by atoms with Gasteiger partial charge in [0, 0.05) is 12.1 Å². The third-order valence-corrected chi connectivity index (χ3v) is 2.52. The summed E-state index contributed by atoms with van der Waals surface area (Å²) < 4.78 is 5.15. The van der Waals surface area contributed by atoms with Crippen molar-refractivity contribution < 1.29 is 30.3 Å². The lowest BCUT2D eigenvalue weighted by Gasteiger charge is -2.25. The standard InChI is InChI=1S/C12H27NO6/c1-12(2,3)13-4-5-19-7-9(16)11(18)10(17)8(15)6-14/h8-11,13-18H,4-7H2,1-3H3/t8?,9?,10-,11+/m0/s1. The maximum Gasteiger partial charge on any atom is 0.111 e. The van der Waals surface area contributed by atoms with E-state index in [1.807, 2.05) is 20.8 Å². The molecule has 2 unspecified atom stereocenters. The van der Waals surface area contributed by atoms with Gasteiger partial charge in [-0.3, -0.25) is 0 Å². The van der Waals surface area contributed by atoms with Crippen LogP contribution in [-0.2, 0) is 4.74 Å². The molecule has 0 radical (unpaired) electrons. The average molecular weight is 281 g/mol. The maximum atomic E-state index is 9.54. The van der Waals surface area contributed by atoms with E-state index in [1.54, 1.807) is 0 Å². The van der Waals surface area contributed by atoms with E-state index < -0.39 is 31.0 Å². The highest BCUT2D eigenvalue weighted by Crippen LogP contribution is 2.05. The Morgan fingerprint density at radius 3 is 2.00 bits per heavy atom. The molecule has 0 spiro atoms. The number of aliphatic hydroxyl groups excluding tert-OH is 5. The summed E-state index contributed by atoms with van der Waals surface area (Å²) in [6.45, 7) is 6.12. The molecule has 0 aliphatic carbocycles. The van der Waals surface area contributed by atoms with Crippen LogP contribution in [0.15, 0.2) is 0 Å². The first-order chi connectivity index (χ1) is 8.69. The van der Waals surface area contributed by atoms with Gasteiger partial charge in [-0.05, 0) is 20.8 Å². The fourth-order valence-corrected chi connectivity index (χ4v) is 1.36. The van der Waals surface area contributed by atoms with Crippen molar-refractivity contribution in [3.63, 3.8) is 0 Å². The fourth-order valence-electron chi connectivity index (χ4n) is 1.36. The molecule has 0 aliphatic heterocycles. The molecule has 0 saturated heterocycles. The minimum atomic E-state index is -1.61. The van der Waals surface area contributed by atoms with E-state index in [-0.39, 0.29) is 12.1 Å². The molecule has 7 heteroatoms. The van der Waals surface area contributed by atoms with Gasteiger partial charge in [0.15, 0.2) is 0 Å². The second kappa shape index (κ2) is 8.80. The number of hydrogen-bond donors (Lipinski definition) is 6. The molecule has 0 aromatic carbocycles. The van der Waals surface area contributed by atoms with Gasteiger partial charge in [-0.1, -0.05) is 0 Å². The van der Waals surface area contributed by atoms with Crippen LogP contribution in [0.4, 0.5) is 0 Å². The summed E-state index contributed by atoms with van der Waals surface area (Å²) in [5, 5.41) is 49.4. The highest BCUT2D eigenvalue weighted by atomic mass is 16.5. The minimum Gasteiger partial charge on any atom is -0.394 e. The zero-order valence-electron chi connectivity index (χ0n) is 11.8. The van der Waals surface area contributed by atoms with E-state index in [4.69, 9.17) is 14.9 Å². The van der Waals surface area contributed by atoms with Gasteiger partial charge in [0.05, 0.1) is 19.8 Å². The van der Waals surface area contributed by atoms with Crippen LogP contribution in [0.25, 0.3) is 0 Å². The third-order valence-electron chi connectivity index (χ3n) is 2.52. The Balaban J connectivity index is 3.82. The predicted molar refractivity (Wildman–Crippen MR) is 69.7 cm³/mol. The topological polar surface area (TPSA) is 122 Å². The van der Waals surface area contributed by atoms with Crippen LogP contribution in [0, 0.1) is 0 Å². The summed E-state index contributed by atoms with van der Waals surface area (Å²) in [5.74, 6) is 0. The summed E-state index contributed by atoms with van der Waals surface area (Å²) in [7, 11) is 0. The van der Waals surface area contributed by atoms with E-state index in [0.29, 0.717) is 13.2 Å². The molecule has 0 amide bonds. The first-order valence-electron chi connectivity index (χ1n) is 6.35. The predicted octanol–water partition coefficient (Wildman–Crippen LogP) is -2.17. The molecule has 116 valence electrons. The van der Waals surface area contributed by atoms with Crippen molar-refractivity contribution in [2.24, 2.45) is 0 Å². The van der Waals surface area contributed by atoms with E-state index in [1.165, 1.54) is 0 Å². The van der Waals surface area contributed by atoms with Crippen LogP contribution in [0.2, 0.25) is 0 Å². The molecule has 0 bridgehead atoms. The molecule has 0 rings (SSSR count). The molecule has 4 atom stereocenters. The van der Waals surface area contributed by atoms with Crippen molar-refractivity contribution in [3.05, 3.63) is 0 Å². The van der Waals surface area contributed by atoms with Gasteiger partial charge in [0.25, 0.3) is 0 Å². The summed E-state index contributed by atoms with van der Waals surface area (Å²) in [4.78, 5) is 0. The van der Waals surface area contributed by atoms with Crippen LogP contribution in [0.1, 0.15) is 20.8 Å². The molecule has 0 heterocycles. The van der Waals surface area contributed by atoms with Gasteiger partial charge in [-0.2, -0.15) is 0 Å². The monoisotopic (exact) mass is 281 g/mol. The first kappa shape index (κ1) is 18.7. The summed E-state index contributed by atoms with van der Waals surface area (Å²) in [6.07, 6.45) is -6.01. The maximum absolute atomic E-state index is 9.54. The Morgan fingerprint density at radius 2 is 1.53 bits per heavy atom. The lowest BCUT2D eigenvalue weighted by Crippen LogP contribution is -2.47. The average Bonchev–Trinajstić information content (AvgIpc) is 2.33. The van der Waals surface area contributed by atoms with Crippen molar-refractivity contribution in [2.45, 2.75) is 50.7 Å². The number of nitrogens with one attached hydrogen (secondary N) is 1. The Hall–Kier alpha value is -0.280. The zero-order valence-corrected chi connectivity index (χ0v) is 11.8. The molecule has 0 aliphatic rings. The number of ether oxygens (including phenoxy) is 1. The zero-order chi connectivity index (χ0) is 15.1. The van der Waals surface area contributed by atoms with E-state index >= 15 is 0 Å². The van der Waals surface area contributed by atoms with Crippen molar-refractivity contribution in [1.82, 2.24) is 5.32 Å². The van der Waals surface area contributed by atoms with Gasteiger partial charge in [0.1, 0.15) is 24.4 Å². The van der Waals surface area contributed by atoms with Gasteiger partial charge in [0.2, 0.25) is 0 Å². The normalized spacial score (nSPS) is 18.9. The quantitative estimate of drug-likeness (QED) is 0.266. The van der Waals surface area contributed by atoms with Gasteiger partial charge >= 0.3 is 0 Å². The van der Waals surface area contributed by atoms with Crippen LogP contribution in [0.5, 0.6) is 0 Å². The summed E-state index contributed by atoms with van der Waals surface area (Å²) in [5.41, 5.74) is -0.0249. The van der Waals surface area contributed by atoms with E-state index in [0.717, 1.165) is 0 Å². The molecule has 0 aromatic heterocycles. The number of hydrogen-bond acceptors (Lipinski definition) is 7. The Labute approximate surface area is 113 Å². The minimum absolute atomic E-state index is 0.0249. The van der Waals surface area contributed by atoms with E-state index in [9.17, 15) is 15.3 Å². The fraction of sp³-hybridized carbons (Fsp3) is 1.00. The van der Waals surface area contributed by atoms with Crippen LogP contribution in [-0.4, -0.2) is 81.9 Å². The highest BCUT2D eigenvalue weighted by molar-refractivity contribution is 4.80. The first-order valence-corrected chi connectivity index (χ1v) is 6.35. The Kier molecular flexibility index (Phi) is 8.67. The highest BCUT2D eigenvalue weighted by Gasteiger charge is 2.29. The van der Waals surface area contributed by atoms with Crippen LogP contribution >= 0.6 is 0 Å². The summed E-state index contributed by atoms with van der Waals surface area (Å²) in [6, 6.07) is 0. The van der Waals surface area contributed by atoms with Crippen molar-refractivity contribution >= 4 is 0 Å². The smallest absolute Gasteiger partial charge is 0.111 e. The molecule has 19 heavy (non-hydrogen) atoms. The lowest BCUT2D eigenvalue weighted by molar-refractivity contribution is -0.128. The lowest BCUT2D eigenvalue weighted by atomic mass is 10.0. The van der Waals surface area contributed by atoms with E-state index in [2.05, 4.69) is 5.32 Å². The van der Waals surface area contributed by atoms with Crippen molar-refractivity contribution in [3.8, 4) is 0 Å². The molecule has 0 saturated carbocycles. The Bertz CT molecular complexity index is 233. The van der Waals surface area contributed by atoms with Gasteiger partial charge in [-0.25, -0.2) is 0 Å².